The van der Waals surface area contributed by atoms with Gasteiger partial charge in [-0.25, -0.2) is 4.39 Å². The molecule has 0 aromatic heterocycles. The summed E-state index contributed by atoms with van der Waals surface area (Å²) in [7, 11) is 0. The molecular weight excluding hydrogens is 316 g/mol. The lowest BCUT2D eigenvalue weighted by Crippen LogP contribution is -2.45. The summed E-state index contributed by atoms with van der Waals surface area (Å²) < 4.78 is 56.1. The van der Waals surface area contributed by atoms with Gasteiger partial charge in [0.25, 0.3) is 5.91 Å². The van der Waals surface area contributed by atoms with Crippen molar-refractivity contribution in [2.24, 2.45) is 0 Å². The van der Waals surface area contributed by atoms with E-state index in [4.69, 9.17) is 4.74 Å². The molecule has 4 nitrogen and oxygen atoms in total. The van der Waals surface area contributed by atoms with E-state index in [1.807, 2.05) is 0 Å². The Balaban J connectivity index is 0.00000220. The molecule has 0 spiro atoms. The van der Waals surface area contributed by atoms with Crippen LogP contribution in [0.3, 0.4) is 0 Å². The van der Waals surface area contributed by atoms with Crippen molar-refractivity contribution in [2.75, 3.05) is 25.0 Å². The van der Waals surface area contributed by atoms with E-state index in [1.165, 1.54) is 0 Å². The molecule has 1 aliphatic heterocycles. The predicted octanol–water partition coefficient (Wildman–Crippen LogP) is 2.19. The van der Waals surface area contributed by atoms with Crippen LogP contribution in [0.1, 0.15) is 5.56 Å². The standard InChI is InChI=1S/C12H12F4N2O2.ClH/c13-8-2-1-7(12(14,15)16)5-9(8)18-11(19)10-6-17-3-4-20-10;/h1-2,5,10,17H,3-4,6H2,(H,18,19);1H. The number of nitrogens with one attached hydrogen (secondary N) is 2. The molecule has 1 fully saturated rings. The molecule has 0 radical (unpaired) electrons. The molecular formula is C12H13ClF4N2O2. The number of rotatable bonds is 2. The van der Waals surface area contributed by atoms with Crippen LogP contribution in [0.25, 0.3) is 0 Å². The molecule has 1 atom stereocenters. The summed E-state index contributed by atoms with van der Waals surface area (Å²) in [6.45, 7) is 1.12. The molecule has 1 aromatic carbocycles. The zero-order valence-corrected chi connectivity index (χ0v) is 11.5. The van der Waals surface area contributed by atoms with Crippen molar-refractivity contribution in [1.29, 1.82) is 0 Å². The molecule has 21 heavy (non-hydrogen) atoms. The molecule has 1 unspecified atom stereocenters. The lowest BCUT2D eigenvalue weighted by molar-refractivity contribution is -0.137. The van der Waals surface area contributed by atoms with E-state index >= 15 is 0 Å². The van der Waals surface area contributed by atoms with Crippen LogP contribution in [-0.2, 0) is 15.7 Å². The molecule has 0 bridgehead atoms. The molecule has 1 saturated heterocycles. The number of hydrogen-bond acceptors (Lipinski definition) is 3. The maximum absolute atomic E-state index is 13.4. The van der Waals surface area contributed by atoms with Gasteiger partial charge in [-0.2, -0.15) is 13.2 Å². The second kappa shape index (κ2) is 7.06. The molecule has 1 heterocycles. The lowest BCUT2D eigenvalue weighted by Gasteiger charge is -2.23. The monoisotopic (exact) mass is 328 g/mol. The minimum absolute atomic E-state index is 0. The van der Waals surface area contributed by atoms with Gasteiger partial charge in [-0.05, 0) is 18.2 Å². The van der Waals surface area contributed by atoms with Gasteiger partial charge in [0.05, 0.1) is 17.9 Å². The highest BCUT2D eigenvalue weighted by Crippen LogP contribution is 2.31. The summed E-state index contributed by atoms with van der Waals surface area (Å²) in [6.07, 6.45) is -5.45. The zero-order valence-electron chi connectivity index (χ0n) is 10.7. The predicted molar refractivity (Wildman–Crippen MR) is 69.9 cm³/mol. The van der Waals surface area contributed by atoms with Crippen LogP contribution < -0.4 is 10.6 Å². The van der Waals surface area contributed by atoms with Gasteiger partial charge in [0.1, 0.15) is 11.9 Å². The highest BCUT2D eigenvalue weighted by Gasteiger charge is 2.31. The Bertz CT molecular complexity index is 505. The minimum Gasteiger partial charge on any atom is -0.366 e. The van der Waals surface area contributed by atoms with Crippen LogP contribution in [0.5, 0.6) is 0 Å². The Morgan fingerprint density at radius 2 is 2.10 bits per heavy atom. The minimum atomic E-state index is -4.60. The molecule has 9 heteroatoms. The van der Waals surface area contributed by atoms with Gasteiger partial charge in [-0.3, -0.25) is 4.79 Å². The second-order valence-electron chi connectivity index (χ2n) is 4.25. The molecule has 1 aliphatic rings. The molecule has 1 aromatic rings. The fraction of sp³-hybridized carbons (Fsp3) is 0.417. The van der Waals surface area contributed by atoms with Gasteiger partial charge < -0.3 is 15.4 Å². The summed E-state index contributed by atoms with van der Waals surface area (Å²) in [5.41, 5.74) is -1.55. The SMILES string of the molecule is Cl.O=C(Nc1cc(C(F)(F)F)ccc1F)C1CNCCO1. The van der Waals surface area contributed by atoms with E-state index in [0.717, 1.165) is 0 Å². The normalized spacial score (nSPS) is 18.8. The van der Waals surface area contributed by atoms with Gasteiger partial charge in [-0.15, -0.1) is 12.4 Å². The second-order valence-corrected chi connectivity index (χ2v) is 4.25. The van der Waals surface area contributed by atoms with E-state index in [-0.39, 0.29) is 19.0 Å². The van der Waals surface area contributed by atoms with Crippen molar-refractivity contribution in [3.05, 3.63) is 29.6 Å². The molecule has 118 valence electrons. The average molecular weight is 329 g/mol. The third-order valence-electron chi connectivity index (χ3n) is 2.77. The van der Waals surface area contributed by atoms with Crippen molar-refractivity contribution >= 4 is 24.0 Å². The maximum Gasteiger partial charge on any atom is 0.416 e. The fourth-order valence-corrected chi connectivity index (χ4v) is 1.74. The van der Waals surface area contributed by atoms with Crippen molar-refractivity contribution in [1.82, 2.24) is 5.32 Å². The number of anilines is 1. The first-order valence-corrected chi connectivity index (χ1v) is 5.88. The van der Waals surface area contributed by atoms with E-state index in [0.29, 0.717) is 31.4 Å². The summed E-state index contributed by atoms with van der Waals surface area (Å²) >= 11 is 0. The third kappa shape index (κ3) is 4.55. The number of ether oxygens (including phenoxy) is 1. The number of carbonyl (C=O) groups is 1. The van der Waals surface area contributed by atoms with Crippen LogP contribution in [0.15, 0.2) is 18.2 Å². The quantitative estimate of drug-likeness (QED) is 0.818. The smallest absolute Gasteiger partial charge is 0.366 e. The van der Waals surface area contributed by atoms with Crippen molar-refractivity contribution < 1.29 is 27.1 Å². The van der Waals surface area contributed by atoms with Gasteiger partial charge in [0, 0.05) is 13.1 Å². The van der Waals surface area contributed by atoms with Gasteiger partial charge in [0.15, 0.2) is 0 Å². The van der Waals surface area contributed by atoms with Crippen LogP contribution in [-0.4, -0.2) is 31.7 Å². The third-order valence-corrected chi connectivity index (χ3v) is 2.77. The van der Waals surface area contributed by atoms with E-state index in [1.54, 1.807) is 0 Å². The molecule has 2 rings (SSSR count). The molecule has 0 aliphatic carbocycles. The van der Waals surface area contributed by atoms with Crippen molar-refractivity contribution in [3.63, 3.8) is 0 Å². The molecule has 2 N–H and O–H groups in total. The number of hydrogen-bond donors (Lipinski definition) is 2. The Hall–Kier alpha value is -1.38. The fourth-order valence-electron chi connectivity index (χ4n) is 1.74. The number of benzene rings is 1. The topological polar surface area (TPSA) is 50.4 Å². The number of halogens is 5. The molecule has 1 amide bonds. The first kappa shape index (κ1) is 17.7. The Kier molecular flexibility index (Phi) is 5.94. The Labute approximate surface area is 124 Å². The summed E-state index contributed by atoms with van der Waals surface area (Å²) in [5, 5.41) is 5.01. The van der Waals surface area contributed by atoms with Crippen LogP contribution in [0, 0.1) is 5.82 Å². The molecule has 0 saturated carbocycles. The zero-order chi connectivity index (χ0) is 14.8. The van der Waals surface area contributed by atoms with Crippen LogP contribution in [0.2, 0.25) is 0 Å². The van der Waals surface area contributed by atoms with E-state index < -0.39 is 35.3 Å². The van der Waals surface area contributed by atoms with E-state index in [2.05, 4.69) is 10.6 Å². The average Bonchev–Trinajstić information content (AvgIpc) is 2.41. The number of amides is 1. The van der Waals surface area contributed by atoms with Crippen LogP contribution in [0.4, 0.5) is 23.2 Å². The Morgan fingerprint density at radius 3 is 2.67 bits per heavy atom. The first-order valence-electron chi connectivity index (χ1n) is 5.88. The first-order chi connectivity index (χ1) is 9.38. The van der Waals surface area contributed by atoms with Gasteiger partial charge in [-0.1, -0.05) is 0 Å². The number of carbonyl (C=O) groups excluding carboxylic acids is 1. The lowest BCUT2D eigenvalue weighted by atomic mass is 10.1. The van der Waals surface area contributed by atoms with E-state index in [9.17, 15) is 22.4 Å². The number of alkyl halides is 3. The van der Waals surface area contributed by atoms with Crippen molar-refractivity contribution in [3.8, 4) is 0 Å². The highest BCUT2D eigenvalue weighted by molar-refractivity contribution is 5.94. The summed E-state index contributed by atoms with van der Waals surface area (Å²) in [6, 6.07) is 1.84. The maximum atomic E-state index is 13.4. The van der Waals surface area contributed by atoms with Crippen LogP contribution >= 0.6 is 12.4 Å². The highest BCUT2D eigenvalue weighted by atomic mass is 35.5. The number of morpholine rings is 1. The summed E-state index contributed by atoms with van der Waals surface area (Å²) in [4.78, 5) is 11.8. The van der Waals surface area contributed by atoms with Gasteiger partial charge in [0.2, 0.25) is 0 Å². The largest absolute Gasteiger partial charge is 0.416 e. The van der Waals surface area contributed by atoms with Crippen molar-refractivity contribution in [2.45, 2.75) is 12.3 Å². The van der Waals surface area contributed by atoms with Gasteiger partial charge >= 0.3 is 6.18 Å². The summed E-state index contributed by atoms with van der Waals surface area (Å²) in [5.74, 6) is -1.62. The Morgan fingerprint density at radius 1 is 1.38 bits per heavy atom.